The summed E-state index contributed by atoms with van der Waals surface area (Å²) in [7, 11) is 0. The zero-order chi connectivity index (χ0) is 17.7. The number of anilines is 1. The summed E-state index contributed by atoms with van der Waals surface area (Å²) >= 11 is 0. The lowest BCUT2D eigenvalue weighted by molar-refractivity contribution is -0.117. The highest BCUT2D eigenvalue weighted by atomic mass is 16.3. The van der Waals surface area contributed by atoms with E-state index in [1.807, 2.05) is 35.2 Å². The van der Waals surface area contributed by atoms with Gasteiger partial charge in [0.15, 0.2) is 0 Å². The number of nitrogens with one attached hydrogen (secondary N) is 1. The topological polar surface area (TPSA) is 82.1 Å². The summed E-state index contributed by atoms with van der Waals surface area (Å²) < 4.78 is 0. The molecule has 4 aromatic rings. The summed E-state index contributed by atoms with van der Waals surface area (Å²) in [6.45, 7) is 0.710. The Morgan fingerprint density at radius 1 is 1.12 bits per heavy atom. The number of carbonyl (C=O) groups excluding carboxylic acids is 1. The molecule has 6 nitrogen and oxygen atoms in total. The number of hydrogen-bond acceptors (Lipinski definition) is 4. The summed E-state index contributed by atoms with van der Waals surface area (Å²) in [6.07, 6.45) is 3.21. The summed E-state index contributed by atoms with van der Waals surface area (Å²) in [5.74, 6) is 0.347. The fourth-order valence-electron chi connectivity index (χ4n) is 3.63. The molecular formula is C20H16N4O2. The minimum atomic E-state index is 0.134. The number of aromatic nitrogens is 3. The SMILES string of the molecule is O=C1CCCN1c1cc(-c2ccc(O)cc2)nc2ccc3[nH]ncc3c12. The van der Waals surface area contributed by atoms with Crippen molar-refractivity contribution in [3.05, 3.63) is 48.7 Å². The predicted octanol–water partition coefficient (Wildman–Crippen LogP) is 3.61. The molecule has 26 heavy (non-hydrogen) atoms. The smallest absolute Gasteiger partial charge is 0.227 e. The lowest BCUT2D eigenvalue weighted by atomic mass is 10.0. The Labute approximate surface area is 149 Å². The Kier molecular flexibility index (Phi) is 3.18. The monoisotopic (exact) mass is 344 g/mol. The third kappa shape index (κ3) is 2.23. The lowest BCUT2D eigenvalue weighted by Gasteiger charge is -2.19. The number of nitrogens with zero attached hydrogens (tertiary/aromatic N) is 3. The first-order valence-electron chi connectivity index (χ1n) is 8.57. The van der Waals surface area contributed by atoms with E-state index in [0.29, 0.717) is 13.0 Å². The van der Waals surface area contributed by atoms with Crippen LogP contribution in [0, 0.1) is 0 Å². The number of pyridine rings is 1. The van der Waals surface area contributed by atoms with E-state index in [9.17, 15) is 9.90 Å². The first-order valence-corrected chi connectivity index (χ1v) is 8.57. The molecule has 3 heterocycles. The van der Waals surface area contributed by atoms with Crippen LogP contribution in [0.4, 0.5) is 5.69 Å². The molecule has 0 radical (unpaired) electrons. The van der Waals surface area contributed by atoms with E-state index in [-0.39, 0.29) is 11.7 Å². The molecule has 0 unspecified atom stereocenters. The Morgan fingerprint density at radius 3 is 2.73 bits per heavy atom. The lowest BCUT2D eigenvalue weighted by Crippen LogP contribution is -2.24. The van der Waals surface area contributed by atoms with E-state index in [1.165, 1.54) is 0 Å². The second kappa shape index (κ2) is 5.56. The Hall–Kier alpha value is -3.41. The van der Waals surface area contributed by atoms with Gasteiger partial charge in [-0.15, -0.1) is 0 Å². The molecule has 1 aliphatic heterocycles. The molecule has 6 heteroatoms. The van der Waals surface area contributed by atoms with Gasteiger partial charge in [-0.25, -0.2) is 4.98 Å². The fourth-order valence-corrected chi connectivity index (χ4v) is 3.63. The molecule has 1 saturated heterocycles. The van der Waals surface area contributed by atoms with E-state index < -0.39 is 0 Å². The van der Waals surface area contributed by atoms with E-state index in [0.717, 1.165) is 45.2 Å². The first-order chi connectivity index (χ1) is 12.7. The van der Waals surface area contributed by atoms with Crippen LogP contribution in [-0.2, 0) is 4.79 Å². The van der Waals surface area contributed by atoms with Gasteiger partial charge in [0.05, 0.1) is 28.6 Å². The Morgan fingerprint density at radius 2 is 1.96 bits per heavy atom. The molecule has 2 aromatic heterocycles. The van der Waals surface area contributed by atoms with Crippen molar-refractivity contribution in [3.63, 3.8) is 0 Å². The number of phenolic OH excluding ortho intramolecular Hbond substituents is 1. The van der Waals surface area contributed by atoms with Crippen molar-refractivity contribution in [1.29, 1.82) is 0 Å². The van der Waals surface area contributed by atoms with E-state index in [1.54, 1.807) is 18.3 Å². The molecule has 0 aliphatic carbocycles. The van der Waals surface area contributed by atoms with Gasteiger partial charge in [-0.2, -0.15) is 5.10 Å². The van der Waals surface area contributed by atoms with Crippen LogP contribution < -0.4 is 4.90 Å². The van der Waals surface area contributed by atoms with Crippen molar-refractivity contribution < 1.29 is 9.90 Å². The zero-order valence-electron chi connectivity index (χ0n) is 13.9. The van der Waals surface area contributed by atoms with Crippen molar-refractivity contribution in [2.75, 3.05) is 11.4 Å². The van der Waals surface area contributed by atoms with Crippen LogP contribution in [0.25, 0.3) is 33.1 Å². The predicted molar refractivity (Wildman–Crippen MR) is 100 cm³/mol. The second-order valence-corrected chi connectivity index (χ2v) is 6.51. The Bertz CT molecular complexity index is 1150. The minimum absolute atomic E-state index is 0.134. The zero-order valence-corrected chi connectivity index (χ0v) is 13.9. The van der Waals surface area contributed by atoms with E-state index >= 15 is 0 Å². The Balaban J connectivity index is 1.82. The van der Waals surface area contributed by atoms with E-state index in [2.05, 4.69) is 10.2 Å². The standard InChI is InChI=1S/C20H16N4O2/c25-13-5-3-12(4-6-13)17-10-18(24-9-1-2-19(24)26)20-14-11-21-23-15(14)7-8-16(20)22-17/h3-8,10-11,25H,1-2,9H2,(H,21,23). The van der Waals surface area contributed by atoms with Crippen molar-refractivity contribution in [2.45, 2.75) is 12.8 Å². The molecule has 2 N–H and O–H groups in total. The number of H-pyrrole nitrogens is 1. The van der Waals surface area contributed by atoms with Crippen molar-refractivity contribution in [3.8, 4) is 17.0 Å². The average Bonchev–Trinajstić information content (AvgIpc) is 3.30. The highest BCUT2D eigenvalue weighted by molar-refractivity contribution is 6.15. The number of aromatic amines is 1. The van der Waals surface area contributed by atoms with E-state index in [4.69, 9.17) is 4.98 Å². The molecule has 1 aliphatic rings. The molecule has 0 atom stereocenters. The highest BCUT2D eigenvalue weighted by Crippen LogP contribution is 2.37. The van der Waals surface area contributed by atoms with Gasteiger partial charge in [0.25, 0.3) is 0 Å². The van der Waals surface area contributed by atoms with Crippen molar-refractivity contribution in [1.82, 2.24) is 15.2 Å². The van der Waals surface area contributed by atoms with Crippen LogP contribution >= 0.6 is 0 Å². The molecule has 1 fully saturated rings. The van der Waals surface area contributed by atoms with Crippen LogP contribution in [-0.4, -0.2) is 32.7 Å². The van der Waals surface area contributed by atoms with Gasteiger partial charge in [-0.05, 0) is 48.9 Å². The maximum Gasteiger partial charge on any atom is 0.227 e. The van der Waals surface area contributed by atoms with Crippen LogP contribution in [0.15, 0.2) is 48.7 Å². The normalized spacial score (nSPS) is 14.6. The van der Waals surface area contributed by atoms with Gasteiger partial charge in [0.2, 0.25) is 5.91 Å². The molecular weight excluding hydrogens is 328 g/mol. The van der Waals surface area contributed by atoms with Crippen molar-refractivity contribution in [2.24, 2.45) is 0 Å². The molecule has 0 spiro atoms. The first kappa shape index (κ1) is 14.9. The number of hydrogen-bond donors (Lipinski definition) is 2. The second-order valence-electron chi connectivity index (χ2n) is 6.51. The van der Waals surface area contributed by atoms with Crippen LogP contribution in [0.3, 0.4) is 0 Å². The number of fused-ring (bicyclic) bond motifs is 3. The van der Waals surface area contributed by atoms with Crippen LogP contribution in [0.1, 0.15) is 12.8 Å². The molecule has 128 valence electrons. The third-order valence-electron chi connectivity index (χ3n) is 4.90. The average molecular weight is 344 g/mol. The summed E-state index contributed by atoms with van der Waals surface area (Å²) in [6, 6.07) is 12.8. The summed E-state index contributed by atoms with van der Waals surface area (Å²) in [4.78, 5) is 19.1. The highest BCUT2D eigenvalue weighted by Gasteiger charge is 2.25. The number of amides is 1. The molecule has 0 saturated carbocycles. The summed E-state index contributed by atoms with van der Waals surface area (Å²) in [5.41, 5.74) is 4.27. The van der Waals surface area contributed by atoms with Crippen molar-refractivity contribution >= 4 is 33.4 Å². The van der Waals surface area contributed by atoms with Crippen LogP contribution in [0.5, 0.6) is 5.75 Å². The minimum Gasteiger partial charge on any atom is -0.508 e. The number of benzene rings is 2. The third-order valence-corrected chi connectivity index (χ3v) is 4.90. The van der Waals surface area contributed by atoms with Gasteiger partial charge in [-0.3, -0.25) is 9.89 Å². The van der Waals surface area contributed by atoms with Gasteiger partial charge in [0, 0.05) is 29.3 Å². The summed E-state index contributed by atoms with van der Waals surface area (Å²) in [5, 5.41) is 18.6. The van der Waals surface area contributed by atoms with Gasteiger partial charge in [-0.1, -0.05) is 0 Å². The molecule has 5 rings (SSSR count). The molecule has 1 amide bonds. The number of carbonyl (C=O) groups is 1. The number of phenols is 1. The van der Waals surface area contributed by atoms with Gasteiger partial charge in [0.1, 0.15) is 5.75 Å². The number of rotatable bonds is 2. The van der Waals surface area contributed by atoms with Gasteiger partial charge < -0.3 is 10.0 Å². The quantitative estimate of drug-likeness (QED) is 0.582. The van der Waals surface area contributed by atoms with Crippen LogP contribution in [0.2, 0.25) is 0 Å². The maximum absolute atomic E-state index is 12.4. The van der Waals surface area contributed by atoms with Gasteiger partial charge >= 0.3 is 0 Å². The number of aromatic hydroxyl groups is 1. The largest absolute Gasteiger partial charge is 0.508 e. The molecule has 2 aromatic carbocycles. The molecule has 0 bridgehead atoms. The maximum atomic E-state index is 12.4. The fraction of sp³-hybridized carbons (Fsp3) is 0.150.